The van der Waals surface area contributed by atoms with E-state index in [2.05, 4.69) is 5.32 Å². The second kappa shape index (κ2) is 5.79. The predicted octanol–water partition coefficient (Wildman–Crippen LogP) is 1.06. The summed E-state index contributed by atoms with van der Waals surface area (Å²) in [4.78, 5) is 22.8. The van der Waals surface area contributed by atoms with Gasteiger partial charge in [0.25, 0.3) is 5.91 Å². The van der Waals surface area contributed by atoms with Crippen molar-refractivity contribution in [1.29, 1.82) is 5.41 Å². The van der Waals surface area contributed by atoms with Crippen LogP contribution in [0.3, 0.4) is 0 Å². The molecule has 0 aliphatic carbocycles. The van der Waals surface area contributed by atoms with E-state index in [1.54, 1.807) is 13.1 Å². The lowest BCUT2D eigenvalue weighted by Gasteiger charge is -2.04. The van der Waals surface area contributed by atoms with Gasteiger partial charge in [0.2, 0.25) is 5.56 Å². The Morgan fingerprint density at radius 2 is 2.24 bits per heavy atom. The Balaban J connectivity index is 2.77. The van der Waals surface area contributed by atoms with Crippen LogP contribution in [0.15, 0.2) is 35.3 Å². The maximum Gasteiger partial charge on any atom is 0.258 e. The lowest BCUT2D eigenvalue weighted by atomic mass is 10.2. The molecule has 1 rings (SSSR count). The third-order valence-electron chi connectivity index (χ3n) is 2.12. The zero-order valence-corrected chi connectivity index (χ0v) is 9.86. The smallest absolute Gasteiger partial charge is 0.258 e. The summed E-state index contributed by atoms with van der Waals surface area (Å²) in [6, 6.07) is 2.76. The Morgan fingerprint density at radius 3 is 2.82 bits per heavy atom. The van der Waals surface area contributed by atoms with E-state index in [9.17, 15) is 9.59 Å². The number of allylic oxidation sites excluding steroid dienone is 1. The number of carbonyl (C=O) groups is 1. The highest BCUT2D eigenvalue weighted by atomic mass is 16.2. The van der Waals surface area contributed by atoms with Crippen LogP contribution in [0.1, 0.15) is 23.7 Å². The number of hydrogen-bond acceptors (Lipinski definition) is 3. The van der Waals surface area contributed by atoms with E-state index < -0.39 is 5.91 Å². The molecule has 5 nitrogen and oxygen atoms in total. The Morgan fingerprint density at radius 1 is 1.53 bits per heavy atom. The summed E-state index contributed by atoms with van der Waals surface area (Å²) < 4.78 is 1.32. The number of nitrogens with zero attached hydrogens (tertiary/aromatic N) is 1. The molecule has 0 bridgehead atoms. The molecule has 0 fully saturated rings. The molecule has 1 amide bonds. The van der Waals surface area contributed by atoms with Gasteiger partial charge in [0.15, 0.2) is 0 Å². The number of amidine groups is 1. The van der Waals surface area contributed by atoms with Crippen molar-refractivity contribution >= 4 is 11.7 Å². The average Bonchev–Trinajstić information content (AvgIpc) is 2.30. The van der Waals surface area contributed by atoms with E-state index in [1.807, 2.05) is 6.92 Å². The highest BCUT2D eigenvalue weighted by Gasteiger charge is 2.06. The van der Waals surface area contributed by atoms with Gasteiger partial charge in [-0.1, -0.05) is 13.0 Å². The minimum atomic E-state index is -0.397. The van der Waals surface area contributed by atoms with Crippen LogP contribution in [0.4, 0.5) is 0 Å². The van der Waals surface area contributed by atoms with Gasteiger partial charge in [-0.05, 0) is 18.6 Å². The molecule has 0 spiro atoms. The molecule has 17 heavy (non-hydrogen) atoms. The molecule has 0 aliphatic rings. The van der Waals surface area contributed by atoms with E-state index >= 15 is 0 Å². The number of carbonyl (C=O) groups excluding carboxylic acids is 1. The van der Waals surface area contributed by atoms with Crippen LogP contribution in [-0.2, 0) is 7.05 Å². The molecule has 0 saturated carbocycles. The standard InChI is InChI=1S/C12H15N3O2/c1-3-4-5-10(13)14-12(17)9-6-7-11(16)15(2)8-9/h4-8H,3H2,1-2H3,(H2,13,14,17)/b5-4-. The lowest BCUT2D eigenvalue weighted by Crippen LogP contribution is -2.29. The highest BCUT2D eigenvalue weighted by molar-refractivity contribution is 6.08. The Labute approximate surface area is 99.3 Å². The molecular weight excluding hydrogens is 218 g/mol. The van der Waals surface area contributed by atoms with Gasteiger partial charge in [-0.2, -0.15) is 0 Å². The molecular formula is C12H15N3O2. The van der Waals surface area contributed by atoms with Gasteiger partial charge in [-0.15, -0.1) is 0 Å². The Bertz CT molecular complexity index is 515. The number of pyridine rings is 1. The average molecular weight is 233 g/mol. The molecule has 0 radical (unpaired) electrons. The normalized spacial score (nSPS) is 10.5. The molecule has 0 aromatic carbocycles. The molecule has 90 valence electrons. The largest absolute Gasteiger partial charge is 0.318 e. The van der Waals surface area contributed by atoms with Crippen molar-refractivity contribution in [2.75, 3.05) is 0 Å². The summed E-state index contributed by atoms with van der Waals surface area (Å²) in [6.07, 6.45) is 5.55. The highest BCUT2D eigenvalue weighted by Crippen LogP contribution is 1.95. The van der Waals surface area contributed by atoms with E-state index in [4.69, 9.17) is 5.41 Å². The first-order chi connectivity index (χ1) is 8.04. The second-order valence-electron chi connectivity index (χ2n) is 3.55. The number of rotatable bonds is 3. The van der Waals surface area contributed by atoms with Crippen molar-refractivity contribution in [2.24, 2.45) is 7.05 Å². The van der Waals surface area contributed by atoms with Gasteiger partial charge in [0.05, 0.1) is 5.56 Å². The first kappa shape index (κ1) is 12.9. The molecule has 5 heteroatoms. The molecule has 1 aromatic rings. The monoisotopic (exact) mass is 233 g/mol. The summed E-state index contributed by atoms with van der Waals surface area (Å²) >= 11 is 0. The summed E-state index contributed by atoms with van der Waals surface area (Å²) in [7, 11) is 1.57. The third kappa shape index (κ3) is 3.71. The fourth-order valence-electron chi connectivity index (χ4n) is 1.20. The molecule has 0 atom stereocenters. The van der Waals surface area contributed by atoms with Crippen molar-refractivity contribution in [3.8, 4) is 0 Å². The first-order valence-corrected chi connectivity index (χ1v) is 5.27. The van der Waals surface area contributed by atoms with Gasteiger partial charge in [-0.25, -0.2) is 0 Å². The van der Waals surface area contributed by atoms with Crippen LogP contribution in [0.5, 0.6) is 0 Å². The number of aryl methyl sites for hydroxylation is 1. The summed E-state index contributed by atoms with van der Waals surface area (Å²) in [5.74, 6) is -0.364. The summed E-state index contributed by atoms with van der Waals surface area (Å²) in [5.41, 5.74) is 0.171. The fourth-order valence-corrected chi connectivity index (χ4v) is 1.20. The summed E-state index contributed by atoms with van der Waals surface area (Å²) in [6.45, 7) is 1.94. The molecule has 1 aromatic heterocycles. The third-order valence-corrected chi connectivity index (χ3v) is 2.12. The van der Waals surface area contributed by atoms with Crippen molar-refractivity contribution in [1.82, 2.24) is 9.88 Å². The van der Waals surface area contributed by atoms with Gasteiger partial charge in [-0.3, -0.25) is 15.0 Å². The van der Waals surface area contributed by atoms with E-state index in [1.165, 1.54) is 29.0 Å². The number of amides is 1. The van der Waals surface area contributed by atoms with E-state index in [-0.39, 0.29) is 11.4 Å². The second-order valence-corrected chi connectivity index (χ2v) is 3.55. The molecule has 0 aliphatic heterocycles. The maximum atomic E-state index is 11.7. The molecule has 2 N–H and O–H groups in total. The Kier molecular flexibility index (Phi) is 4.39. The zero-order chi connectivity index (χ0) is 12.8. The van der Waals surface area contributed by atoms with Crippen LogP contribution in [0, 0.1) is 5.41 Å². The summed E-state index contributed by atoms with van der Waals surface area (Å²) in [5, 5.41) is 9.90. The lowest BCUT2D eigenvalue weighted by molar-refractivity contribution is 0.0976. The predicted molar refractivity (Wildman–Crippen MR) is 66.3 cm³/mol. The zero-order valence-electron chi connectivity index (χ0n) is 9.86. The first-order valence-electron chi connectivity index (χ1n) is 5.27. The van der Waals surface area contributed by atoms with Crippen molar-refractivity contribution in [3.63, 3.8) is 0 Å². The fraction of sp³-hybridized carbons (Fsp3) is 0.250. The van der Waals surface area contributed by atoms with Gasteiger partial charge in [0, 0.05) is 19.3 Å². The van der Waals surface area contributed by atoms with Crippen LogP contribution < -0.4 is 10.9 Å². The maximum absolute atomic E-state index is 11.7. The van der Waals surface area contributed by atoms with Crippen molar-refractivity contribution in [2.45, 2.75) is 13.3 Å². The van der Waals surface area contributed by atoms with Gasteiger partial charge >= 0.3 is 0 Å². The minimum absolute atomic E-state index is 0.0331. The van der Waals surface area contributed by atoms with E-state index in [0.717, 1.165) is 6.42 Å². The molecule has 0 saturated heterocycles. The Hall–Kier alpha value is -2.17. The van der Waals surface area contributed by atoms with Gasteiger partial charge < -0.3 is 9.88 Å². The molecule has 0 unspecified atom stereocenters. The van der Waals surface area contributed by atoms with Crippen LogP contribution in [-0.4, -0.2) is 16.3 Å². The number of hydrogen-bond donors (Lipinski definition) is 2. The van der Waals surface area contributed by atoms with E-state index in [0.29, 0.717) is 5.56 Å². The van der Waals surface area contributed by atoms with Gasteiger partial charge in [0.1, 0.15) is 5.84 Å². The number of aromatic nitrogens is 1. The van der Waals surface area contributed by atoms with Crippen LogP contribution in [0.25, 0.3) is 0 Å². The minimum Gasteiger partial charge on any atom is -0.318 e. The SMILES string of the molecule is CC/C=C\C(=N)NC(=O)c1ccc(=O)n(C)c1. The van der Waals surface area contributed by atoms with Crippen molar-refractivity contribution < 1.29 is 4.79 Å². The van der Waals surface area contributed by atoms with Crippen LogP contribution >= 0.6 is 0 Å². The molecule has 1 heterocycles. The van der Waals surface area contributed by atoms with Crippen LogP contribution in [0.2, 0.25) is 0 Å². The topological polar surface area (TPSA) is 75.0 Å². The quantitative estimate of drug-likeness (QED) is 0.605. The number of nitrogens with one attached hydrogen (secondary N) is 2. The van der Waals surface area contributed by atoms with Crippen molar-refractivity contribution in [3.05, 3.63) is 46.4 Å².